The Bertz CT molecular complexity index is 902. The van der Waals surface area contributed by atoms with E-state index in [0.29, 0.717) is 26.6 Å². The molecule has 0 saturated carbocycles. The number of benzene rings is 2. The van der Waals surface area contributed by atoms with E-state index in [1.54, 1.807) is 48.5 Å². The molecule has 6 heteroatoms. The van der Waals surface area contributed by atoms with Crippen LogP contribution in [0.2, 0.25) is 5.02 Å². The van der Waals surface area contributed by atoms with Gasteiger partial charge in [-0.25, -0.2) is 0 Å². The van der Waals surface area contributed by atoms with Crippen molar-refractivity contribution in [2.75, 3.05) is 0 Å². The Balaban J connectivity index is 1.88. The first kappa shape index (κ1) is 16.3. The number of carbonyl (C=O) groups is 2. The number of nitriles is 1. The number of imide groups is 1. The van der Waals surface area contributed by atoms with Gasteiger partial charge < -0.3 is 0 Å². The molecule has 2 aromatic rings. The minimum Gasteiger partial charge on any atom is -0.268 e. The number of halogens is 1. The Morgan fingerprint density at radius 3 is 2.58 bits per heavy atom. The Labute approximate surface area is 148 Å². The van der Waals surface area contributed by atoms with Crippen molar-refractivity contribution in [1.82, 2.24) is 4.90 Å². The highest BCUT2D eigenvalue weighted by molar-refractivity contribution is 8.18. The van der Waals surface area contributed by atoms with Gasteiger partial charge in [0.2, 0.25) is 0 Å². The number of nitrogens with zero attached hydrogens (tertiary/aromatic N) is 2. The van der Waals surface area contributed by atoms with Gasteiger partial charge in [-0.3, -0.25) is 14.5 Å². The monoisotopic (exact) mass is 354 g/mol. The molecule has 118 valence electrons. The number of hydrogen-bond acceptors (Lipinski definition) is 4. The van der Waals surface area contributed by atoms with Crippen LogP contribution in [0.15, 0.2) is 53.4 Å². The molecule has 0 bridgehead atoms. The van der Waals surface area contributed by atoms with Crippen molar-refractivity contribution < 1.29 is 9.59 Å². The van der Waals surface area contributed by atoms with Crippen LogP contribution in [0, 0.1) is 11.3 Å². The van der Waals surface area contributed by atoms with Gasteiger partial charge in [0.25, 0.3) is 11.1 Å². The highest BCUT2D eigenvalue weighted by Gasteiger charge is 2.35. The SMILES string of the molecule is N#Cc1ccccc1CN1C(=O)S/C(=C/c2ccccc2Cl)C1=O. The average molecular weight is 355 g/mol. The topological polar surface area (TPSA) is 61.2 Å². The maximum atomic E-state index is 12.5. The normalized spacial score (nSPS) is 15.8. The second-order valence-corrected chi connectivity index (χ2v) is 6.46. The molecule has 0 atom stereocenters. The molecule has 0 N–H and O–H groups in total. The Morgan fingerprint density at radius 2 is 1.83 bits per heavy atom. The number of rotatable bonds is 3. The molecule has 1 heterocycles. The lowest BCUT2D eigenvalue weighted by Gasteiger charge is -2.13. The molecule has 1 aliphatic heterocycles. The summed E-state index contributed by atoms with van der Waals surface area (Å²) in [6, 6.07) is 16.1. The number of carbonyl (C=O) groups excluding carboxylic acids is 2. The number of hydrogen-bond donors (Lipinski definition) is 0. The molecule has 0 aliphatic carbocycles. The second-order valence-electron chi connectivity index (χ2n) is 5.06. The molecule has 3 rings (SSSR count). The molecule has 0 spiro atoms. The summed E-state index contributed by atoms with van der Waals surface area (Å²) in [7, 11) is 0. The first-order valence-electron chi connectivity index (χ1n) is 7.08. The molecule has 1 aliphatic rings. The summed E-state index contributed by atoms with van der Waals surface area (Å²) in [6.45, 7) is 0.0776. The minimum atomic E-state index is -0.377. The van der Waals surface area contributed by atoms with Crippen molar-refractivity contribution in [3.8, 4) is 6.07 Å². The first-order valence-corrected chi connectivity index (χ1v) is 8.27. The van der Waals surface area contributed by atoms with E-state index in [2.05, 4.69) is 6.07 Å². The minimum absolute atomic E-state index is 0.0776. The molecular formula is C18H11ClN2O2S. The van der Waals surface area contributed by atoms with Crippen molar-refractivity contribution >= 4 is 40.6 Å². The third kappa shape index (κ3) is 3.21. The molecule has 1 saturated heterocycles. The van der Waals surface area contributed by atoms with E-state index in [1.165, 1.54) is 0 Å². The molecule has 0 radical (unpaired) electrons. The lowest BCUT2D eigenvalue weighted by molar-refractivity contribution is -0.123. The summed E-state index contributed by atoms with van der Waals surface area (Å²) in [5, 5.41) is 9.29. The molecular weight excluding hydrogens is 344 g/mol. The lowest BCUT2D eigenvalue weighted by atomic mass is 10.1. The average Bonchev–Trinajstić information content (AvgIpc) is 2.85. The van der Waals surface area contributed by atoms with Gasteiger partial charge in [-0.1, -0.05) is 48.0 Å². The molecule has 24 heavy (non-hydrogen) atoms. The van der Waals surface area contributed by atoms with E-state index in [0.717, 1.165) is 16.7 Å². The summed E-state index contributed by atoms with van der Waals surface area (Å²) in [5.74, 6) is -0.377. The fourth-order valence-electron chi connectivity index (χ4n) is 2.31. The van der Waals surface area contributed by atoms with Crippen molar-refractivity contribution in [3.63, 3.8) is 0 Å². The van der Waals surface area contributed by atoms with Crippen LogP contribution in [-0.4, -0.2) is 16.0 Å². The van der Waals surface area contributed by atoms with Crippen LogP contribution in [0.25, 0.3) is 6.08 Å². The van der Waals surface area contributed by atoms with E-state index >= 15 is 0 Å². The van der Waals surface area contributed by atoms with Crippen molar-refractivity contribution in [2.45, 2.75) is 6.54 Å². The van der Waals surface area contributed by atoms with Crippen LogP contribution in [0.1, 0.15) is 16.7 Å². The Morgan fingerprint density at radius 1 is 1.12 bits per heavy atom. The Hall–Kier alpha value is -2.55. The lowest BCUT2D eigenvalue weighted by Crippen LogP contribution is -2.27. The van der Waals surface area contributed by atoms with E-state index < -0.39 is 0 Å². The van der Waals surface area contributed by atoms with Crippen LogP contribution in [0.3, 0.4) is 0 Å². The zero-order valence-corrected chi connectivity index (χ0v) is 14.0. The third-order valence-corrected chi connectivity index (χ3v) is 4.78. The molecule has 0 unspecified atom stereocenters. The largest absolute Gasteiger partial charge is 0.293 e. The predicted octanol–water partition coefficient (Wildman–Crippen LogP) is 4.45. The second kappa shape index (κ2) is 6.91. The molecule has 2 aromatic carbocycles. The van der Waals surface area contributed by atoms with Crippen molar-refractivity contribution in [1.29, 1.82) is 5.26 Å². The fourth-order valence-corrected chi connectivity index (χ4v) is 3.33. The number of thioether (sulfide) groups is 1. The van der Waals surface area contributed by atoms with E-state index in [9.17, 15) is 9.59 Å². The van der Waals surface area contributed by atoms with E-state index in [-0.39, 0.29) is 17.7 Å². The van der Waals surface area contributed by atoms with Crippen LogP contribution in [-0.2, 0) is 11.3 Å². The summed E-state index contributed by atoms with van der Waals surface area (Å²) in [5.41, 5.74) is 1.77. The quantitative estimate of drug-likeness (QED) is 0.764. The fraction of sp³-hybridized carbons (Fsp3) is 0.0556. The third-order valence-electron chi connectivity index (χ3n) is 3.53. The molecule has 1 fully saturated rings. The van der Waals surface area contributed by atoms with Gasteiger partial charge in [0, 0.05) is 5.02 Å². The summed E-state index contributed by atoms with van der Waals surface area (Å²) in [6.07, 6.45) is 1.61. The van der Waals surface area contributed by atoms with Gasteiger partial charge in [-0.05, 0) is 41.1 Å². The maximum Gasteiger partial charge on any atom is 0.293 e. The summed E-state index contributed by atoms with van der Waals surface area (Å²) in [4.78, 5) is 26.2. The smallest absolute Gasteiger partial charge is 0.268 e. The van der Waals surface area contributed by atoms with Crippen LogP contribution < -0.4 is 0 Å². The van der Waals surface area contributed by atoms with Gasteiger partial charge in [0.15, 0.2) is 0 Å². The highest BCUT2D eigenvalue weighted by Crippen LogP contribution is 2.34. The van der Waals surface area contributed by atoms with Crippen LogP contribution in [0.5, 0.6) is 0 Å². The van der Waals surface area contributed by atoms with Gasteiger partial charge in [-0.2, -0.15) is 5.26 Å². The molecule has 4 nitrogen and oxygen atoms in total. The zero-order chi connectivity index (χ0) is 17.1. The van der Waals surface area contributed by atoms with Crippen molar-refractivity contribution in [3.05, 3.63) is 75.1 Å². The van der Waals surface area contributed by atoms with E-state index in [4.69, 9.17) is 16.9 Å². The van der Waals surface area contributed by atoms with E-state index in [1.807, 2.05) is 6.07 Å². The van der Waals surface area contributed by atoms with Crippen LogP contribution >= 0.6 is 23.4 Å². The summed E-state index contributed by atoms with van der Waals surface area (Å²) >= 11 is 6.97. The summed E-state index contributed by atoms with van der Waals surface area (Å²) < 4.78 is 0. The zero-order valence-electron chi connectivity index (χ0n) is 12.4. The standard InChI is InChI=1S/C18H11ClN2O2S/c19-15-8-4-3-5-12(15)9-16-17(22)21(18(23)24-16)11-14-7-2-1-6-13(14)10-20/h1-9H,11H2/b16-9+. The molecule has 2 amide bonds. The van der Waals surface area contributed by atoms with Gasteiger partial charge in [-0.15, -0.1) is 0 Å². The molecule has 0 aromatic heterocycles. The highest BCUT2D eigenvalue weighted by atomic mass is 35.5. The van der Waals surface area contributed by atoms with Crippen LogP contribution in [0.4, 0.5) is 4.79 Å². The maximum absolute atomic E-state index is 12.5. The van der Waals surface area contributed by atoms with Gasteiger partial charge in [0.05, 0.1) is 23.1 Å². The Kier molecular flexibility index (Phi) is 4.70. The first-order chi connectivity index (χ1) is 11.6. The van der Waals surface area contributed by atoms with Gasteiger partial charge in [0.1, 0.15) is 0 Å². The number of amides is 2. The van der Waals surface area contributed by atoms with Gasteiger partial charge >= 0.3 is 0 Å². The van der Waals surface area contributed by atoms with Crippen molar-refractivity contribution in [2.24, 2.45) is 0 Å². The predicted molar refractivity (Wildman–Crippen MR) is 94.1 cm³/mol.